The Morgan fingerprint density at radius 3 is 2.81 bits per heavy atom. The average Bonchev–Trinajstić information content (AvgIpc) is 3.19. The minimum absolute atomic E-state index is 0.159. The van der Waals surface area contributed by atoms with Gasteiger partial charge < -0.3 is 13.8 Å². The van der Waals surface area contributed by atoms with Gasteiger partial charge in [-0.1, -0.05) is 18.0 Å². The molecule has 6 nitrogen and oxygen atoms in total. The number of aromatic nitrogens is 2. The molecule has 2 aromatic heterocycles. The van der Waals surface area contributed by atoms with Crippen LogP contribution in [-0.2, 0) is 4.79 Å². The molecule has 0 spiro atoms. The first-order valence-corrected chi connectivity index (χ1v) is 7.47. The van der Waals surface area contributed by atoms with Crippen LogP contribution < -0.4 is 0 Å². The predicted octanol–water partition coefficient (Wildman–Crippen LogP) is 2.45. The molecule has 2 fully saturated rings. The van der Waals surface area contributed by atoms with E-state index in [1.165, 1.54) is 12.8 Å². The van der Waals surface area contributed by atoms with Gasteiger partial charge in [-0.15, -0.1) is 0 Å². The van der Waals surface area contributed by atoms with E-state index in [-0.39, 0.29) is 11.8 Å². The van der Waals surface area contributed by atoms with Gasteiger partial charge in [-0.2, -0.15) is 4.98 Å². The molecule has 0 radical (unpaired) electrons. The van der Waals surface area contributed by atoms with Crippen molar-refractivity contribution in [2.75, 3.05) is 13.1 Å². The van der Waals surface area contributed by atoms with Gasteiger partial charge in [-0.05, 0) is 25.0 Å². The fourth-order valence-electron chi connectivity index (χ4n) is 3.15. The molecule has 1 saturated carbocycles. The topological polar surface area (TPSA) is 72.4 Å². The Bertz CT molecular complexity index is 622. The number of nitrogens with zero attached hydrogens (tertiary/aromatic N) is 3. The minimum atomic E-state index is 0.159. The fraction of sp³-hybridized carbons (Fsp3) is 0.533. The molecule has 2 aliphatic rings. The highest BCUT2D eigenvalue weighted by atomic mass is 16.5. The number of carbonyl (C=O) groups excluding carboxylic acids is 1. The lowest BCUT2D eigenvalue weighted by Gasteiger charge is -2.38. The van der Waals surface area contributed by atoms with Gasteiger partial charge in [0, 0.05) is 19.0 Å². The van der Waals surface area contributed by atoms with Crippen molar-refractivity contribution in [3.05, 3.63) is 24.3 Å². The molecule has 110 valence electrons. The third kappa shape index (κ3) is 2.24. The first-order valence-electron chi connectivity index (χ1n) is 7.47. The quantitative estimate of drug-likeness (QED) is 0.867. The minimum Gasteiger partial charge on any atom is -0.461 e. The van der Waals surface area contributed by atoms with E-state index >= 15 is 0 Å². The van der Waals surface area contributed by atoms with Crippen LogP contribution in [0.1, 0.15) is 37.5 Å². The summed E-state index contributed by atoms with van der Waals surface area (Å²) in [5.74, 6) is 2.36. The molecule has 3 heterocycles. The van der Waals surface area contributed by atoms with Gasteiger partial charge in [-0.3, -0.25) is 4.79 Å². The lowest BCUT2D eigenvalue weighted by molar-refractivity contribution is -0.140. The Kier molecular flexibility index (Phi) is 3.02. The van der Waals surface area contributed by atoms with Gasteiger partial charge in [0.15, 0.2) is 5.76 Å². The van der Waals surface area contributed by atoms with Gasteiger partial charge >= 0.3 is 0 Å². The molecule has 0 bridgehead atoms. The molecule has 1 aliphatic carbocycles. The van der Waals surface area contributed by atoms with E-state index in [0.717, 1.165) is 12.8 Å². The molecule has 1 amide bonds. The standard InChI is InChI=1S/C15H17N3O3/c19-15(10-4-1-2-5-10)18-8-11(9-18)14-16-13(17-21-14)12-6-3-7-20-12/h3,6-7,10-11H,1-2,4-5,8-9H2. The monoisotopic (exact) mass is 287 g/mol. The lowest BCUT2D eigenvalue weighted by atomic mass is 9.96. The number of rotatable bonds is 3. The van der Waals surface area contributed by atoms with E-state index in [9.17, 15) is 4.79 Å². The predicted molar refractivity (Wildman–Crippen MR) is 73.3 cm³/mol. The molecule has 2 aromatic rings. The van der Waals surface area contributed by atoms with Gasteiger partial charge in [0.25, 0.3) is 0 Å². The summed E-state index contributed by atoms with van der Waals surface area (Å²) in [5, 5.41) is 3.93. The molecule has 6 heteroatoms. The number of amides is 1. The lowest BCUT2D eigenvalue weighted by Crippen LogP contribution is -2.50. The molecule has 0 atom stereocenters. The van der Waals surface area contributed by atoms with Crippen LogP contribution in [0, 0.1) is 5.92 Å². The molecule has 0 unspecified atom stereocenters. The van der Waals surface area contributed by atoms with Gasteiger partial charge in [0.2, 0.25) is 17.6 Å². The molecule has 0 aromatic carbocycles. The van der Waals surface area contributed by atoms with E-state index in [2.05, 4.69) is 10.1 Å². The average molecular weight is 287 g/mol. The number of hydrogen-bond acceptors (Lipinski definition) is 5. The van der Waals surface area contributed by atoms with Crippen molar-refractivity contribution in [1.29, 1.82) is 0 Å². The summed E-state index contributed by atoms with van der Waals surface area (Å²) in [6.07, 6.45) is 6.04. The highest BCUT2D eigenvalue weighted by molar-refractivity contribution is 5.80. The van der Waals surface area contributed by atoms with E-state index in [1.54, 1.807) is 18.4 Å². The zero-order chi connectivity index (χ0) is 14.2. The highest BCUT2D eigenvalue weighted by Gasteiger charge is 2.38. The van der Waals surface area contributed by atoms with Crippen molar-refractivity contribution in [3.8, 4) is 11.6 Å². The number of carbonyl (C=O) groups is 1. The second kappa shape index (κ2) is 5.02. The van der Waals surface area contributed by atoms with E-state index in [0.29, 0.717) is 36.5 Å². The summed E-state index contributed by atoms with van der Waals surface area (Å²) in [4.78, 5) is 18.5. The second-order valence-corrected chi connectivity index (χ2v) is 5.86. The van der Waals surface area contributed by atoms with Gasteiger partial charge in [0.1, 0.15) is 0 Å². The largest absolute Gasteiger partial charge is 0.461 e. The van der Waals surface area contributed by atoms with Crippen molar-refractivity contribution in [2.45, 2.75) is 31.6 Å². The van der Waals surface area contributed by atoms with Crippen LogP contribution in [0.3, 0.4) is 0 Å². The van der Waals surface area contributed by atoms with Gasteiger partial charge in [0.05, 0.1) is 12.2 Å². The summed E-state index contributed by atoms with van der Waals surface area (Å²) < 4.78 is 10.5. The van der Waals surface area contributed by atoms with Crippen molar-refractivity contribution in [3.63, 3.8) is 0 Å². The van der Waals surface area contributed by atoms with Gasteiger partial charge in [-0.25, -0.2) is 0 Å². The van der Waals surface area contributed by atoms with Crippen molar-refractivity contribution < 1.29 is 13.7 Å². The summed E-state index contributed by atoms with van der Waals surface area (Å²) in [5.41, 5.74) is 0. The Hall–Kier alpha value is -2.11. The van der Waals surface area contributed by atoms with Crippen LogP contribution in [0.25, 0.3) is 11.6 Å². The van der Waals surface area contributed by atoms with E-state index in [1.807, 2.05) is 4.90 Å². The molecular formula is C15H17N3O3. The normalized spacial score (nSPS) is 19.9. The van der Waals surface area contributed by atoms with Crippen molar-refractivity contribution in [1.82, 2.24) is 15.0 Å². The Morgan fingerprint density at radius 1 is 1.29 bits per heavy atom. The molecule has 4 rings (SSSR count). The van der Waals surface area contributed by atoms with Crippen molar-refractivity contribution >= 4 is 5.91 Å². The van der Waals surface area contributed by atoms with Crippen LogP contribution in [0.5, 0.6) is 0 Å². The summed E-state index contributed by atoms with van der Waals surface area (Å²) in [6.45, 7) is 1.38. The SMILES string of the molecule is O=C(C1CCCC1)N1CC(c2nc(-c3ccco3)no2)C1. The van der Waals surface area contributed by atoms with Crippen LogP contribution in [0.4, 0.5) is 0 Å². The number of furan rings is 1. The van der Waals surface area contributed by atoms with Crippen molar-refractivity contribution in [2.24, 2.45) is 5.92 Å². The second-order valence-electron chi connectivity index (χ2n) is 5.86. The van der Waals surface area contributed by atoms with Crippen LogP contribution in [0.15, 0.2) is 27.3 Å². The molecule has 0 N–H and O–H groups in total. The van der Waals surface area contributed by atoms with Crippen LogP contribution >= 0.6 is 0 Å². The number of likely N-dealkylation sites (tertiary alicyclic amines) is 1. The van der Waals surface area contributed by atoms with Crippen LogP contribution in [0.2, 0.25) is 0 Å². The first kappa shape index (κ1) is 12.6. The molecular weight excluding hydrogens is 270 g/mol. The summed E-state index contributed by atoms with van der Waals surface area (Å²) >= 11 is 0. The van der Waals surface area contributed by atoms with E-state index < -0.39 is 0 Å². The molecule has 1 saturated heterocycles. The Balaban J connectivity index is 1.38. The number of hydrogen-bond donors (Lipinski definition) is 0. The molecule has 1 aliphatic heterocycles. The maximum atomic E-state index is 12.2. The third-order valence-corrected chi connectivity index (χ3v) is 4.43. The zero-order valence-electron chi connectivity index (χ0n) is 11.7. The van der Waals surface area contributed by atoms with Crippen LogP contribution in [-0.4, -0.2) is 34.0 Å². The Labute approximate surface area is 122 Å². The fourth-order valence-corrected chi connectivity index (χ4v) is 3.15. The summed E-state index contributed by atoms with van der Waals surface area (Å²) in [6, 6.07) is 3.59. The maximum Gasteiger partial charge on any atom is 0.238 e. The summed E-state index contributed by atoms with van der Waals surface area (Å²) in [7, 11) is 0. The van der Waals surface area contributed by atoms with E-state index in [4.69, 9.17) is 8.94 Å². The maximum absolute atomic E-state index is 12.2. The Morgan fingerprint density at radius 2 is 2.10 bits per heavy atom. The zero-order valence-corrected chi connectivity index (χ0v) is 11.7. The first-order chi connectivity index (χ1) is 10.3. The molecule has 21 heavy (non-hydrogen) atoms. The third-order valence-electron chi connectivity index (χ3n) is 4.43. The smallest absolute Gasteiger partial charge is 0.238 e. The highest BCUT2D eigenvalue weighted by Crippen LogP contribution is 2.32.